The third-order valence-electron chi connectivity index (χ3n) is 1.92. The van der Waals surface area contributed by atoms with Crippen LogP contribution in [0.1, 0.15) is 5.69 Å². The molecule has 66 valence electrons. The number of aryl methyl sites for hydroxylation is 1. The van der Waals surface area contributed by atoms with E-state index in [-0.39, 0.29) is 5.75 Å². The summed E-state index contributed by atoms with van der Waals surface area (Å²) in [5.41, 5.74) is 1.75. The Labute approximate surface area is 80.8 Å². The van der Waals surface area contributed by atoms with E-state index in [1.54, 1.807) is 12.1 Å². The fraction of sp³-hybridized carbons (Fsp3) is 0.100. The number of hydrogen-bond donors (Lipinski definition) is 1. The Morgan fingerprint density at radius 3 is 2.77 bits per heavy atom. The Hall–Kier alpha value is -1.28. The van der Waals surface area contributed by atoms with Crippen molar-refractivity contribution in [2.75, 3.05) is 0 Å². The first kappa shape index (κ1) is 8.32. The van der Waals surface area contributed by atoms with Gasteiger partial charge in [-0.1, -0.05) is 11.6 Å². The van der Waals surface area contributed by atoms with Crippen LogP contribution in [0.15, 0.2) is 24.3 Å². The van der Waals surface area contributed by atoms with Crippen LogP contribution in [0.2, 0.25) is 5.02 Å². The van der Waals surface area contributed by atoms with Gasteiger partial charge in [0.05, 0.1) is 10.5 Å². The van der Waals surface area contributed by atoms with E-state index in [1.807, 2.05) is 19.1 Å². The molecule has 0 fully saturated rings. The first-order valence-corrected chi connectivity index (χ1v) is 4.31. The molecule has 2 aromatic rings. The number of hydrogen-bond acceptors (Lipinski definition) is 2. The average molecular weight is 194 g/mol. The molecule has 0 saturated heterocycles. The van der Waals surface area contributed by atoms with E-state index in [4.69, 9.17) is 11.6 Å². The van der Waals surface area contributed by atoms with Crippen LogP contribution in [0.25, 0.3) is 10.9 Å². The summed E-state index contributed by atoms with van der Waals surface area (Å²) in [5, 5.41) is 10.5. The number of aromatic nitrogens is 1. The highest BCUT2D eigenvalue weighted by molar-refractivity contribution is 6.36. The highest BCUT2D eigenvalue weighted by Crippen LogP contribution is 2.30. The molecule has 0 radical (unpaired) electrons. The van der Waals surface area contributed by atoms with Crippen LogP contribution in [0.4, 0.5) is 0 Å². The summed E-state index contributed by atoms with van der Waals surface area (Å²) in [6, 6.07) is 7.04. The van der Waals surface area contributed by atoms with Crippen molar-refractivity contribution in [3.8, 4) is 5.75 Å². The van der Waals surface area contributed by atoms with Crippen LogP contribution in [0.5, 0.6) is 5.75 Å². The normalized spacial score (nSPS) is 10.6. The molecule has 1 heterocycles. The van der Waals surface area contributed by atoms with Crippen LogP contribution in [-0.4, -0.2) is 10.1 Å². The number of fused-ring (bicyclic) bond motifs is 1. The van der Waals surface area contributed by atoms with Gasteiger partial charge in [-0.2, -0.15) is 0 Å². The minimum atomic E-state index is 0.0971. The van der Waals surface area contributed by atoms with Gasteiger partial charge >= 0.3 is 0 Å². The van der Waals surface area contributed by atoms with E-state index in [2.05, 4.69) is 4.98 Å². The topological polar surface area (TPSA) is 33.1 Å². The lowest BCUT2D eigenvalue weighted by molar-refractivity contribution is 0.476. The quantitative estimate of drug-likeness (QED) is 0.698. The van der Waals surface area contributed by atoms with Crippen LogP contribution in [0.3, 0.4) is 0 Å². The van der Waals surface area contributed by atoms with E-state index in [1.165, 1.54) is 0 Å². The van der Waals surface area contributed by atoms with Crippen LogP contribution in [0, 0.1) is 6.92 Å². The molecule has 2 nitrogen and oxygen atoms in total. The lowest BCUT2D eigenvalue weighted by atomic mass is 10.2. The van der Waals surface area contributed by atoms with Crippen LogP contribution in [-0.2, 0) is 0 Å². The predicted octanol–water partition coefficient (Wildman–Crippen LogP) is 2.90. The SMILES string of the molecule is Cc1ccc2c(Cl)c(O)ccc2n1. The lowest BCUT2D eigenvalue weighted by Crippen LogP contribution is -1.83. The van der Waals surface area contributed by atoms with Gasteiger partial charge in [-0.05, 0) is 31.2 Å². The zero-order chi connectivity index (χ0) is 9.42. The van der Waals surface area contributed by atoms with Gasteiger partial charge in [0.2, 0.25) is 0 Å². The van der Waals surface area contributed by atoms with Gasteiger partial charge in [-0.25, -0.2) is 0 Å². The molecule has 0 amide bonds. The van der Waals surface area contributed by atoms with Gasteiger partial charge in [-0.3, -0.25) is 4.98 Å². The second-order valence-electron chi connectivity index (χ2n) is 2.92. The Balaban J connectivity index is 2.87. The highest BCUT2D eigenvalue weighted by Gasteiger charge is 2.04. The number of rotatable bonds is 0. The summed E-state index contributed by atoms with van der Waals surface area (Å²) in [7, 11) is 0. The molecule has 0 bridgehead atoms. The molecule has 3 heteroatoms. The maximum Gasteiger partial charge on any atom is 0.134 e. The Morgan fingerprint density at radius 1 is 1.23 bits per heavy atom. The molecule has 2 rings (SSSR count). The van der Waals surface area contributed by atoms with Gasteiger partial charge in [0.15, 0.2) is 0 Å². The minimum Gasteiger partial charge on any atom is -0.506 e. The van der Waals surface area contributed by atoms with E-state index in [0.29, 0.717) is 5.02 Å². The molecular formula is C10H8ClNO. The zero-order valence-electron chi connectivity index (χ0n) is 7.08. The fourth-order valence-electron chi connectivity index (χ4n) is 1.26. The number of halogens is 1. The molecule has 0 saturated carbocycles. The van der Waals surface area contributed by atoms with E-state index >= 15 is 0 Å². The van der Waals surface area contributed by atoms with Crippen molar-refractivity contribution in [3.05, 3.63) is 35.0 Å². The van der Waals surface area contributed by atoms with Crippen molar-refractivity contribution < 1.29 is 5.11 Å². The van der Waals surface area contributed by atoms with Crippen molar-refractivity contribution in [1.82, 2.24) is 4.98 Å². The third kappa shape index (κ3) is 1.33. The molecule has 13 heavy (non-hydrogen) atoms. The molecule has 0 aliphatic rings. The maximum atomic E-state index is 9.33. The number of phenolic OH excluding ortho intramolecular Hbond substituents is 1. The standard InChI is InChI=1S/C10H8ClNO/c1-6-2-3-7-8(12-6)4-5-9(13)10(7)11/h2-5,13H,1H3. The lowest BCUT2D eigenvalue weighted by Gasteiger charge is -2.02. The van der Waals surface area contributed by atoms with Crippen LogP contribution >= 0.6 is 11.6 Å². The van der Waals surface area contributed by atoms with Gasteiger partial charge < -0.3 is 5.11 Å². The van der Waals surface area contributed by atoms with Crippen molar-refractivity contribution in [1.29, 1.82) is 0 Å². The van der Waals surface area contributed by atoms with Gasteiger partial charge in [0.1, 0.15) is 5.75 Å². The molecular weight excluding hydrogens is 186 g/mol. The van der Waals surface area contributed by atoms with Crippen molar-refractivity contribution >= 4 is 22.5 Å². The summed E-state index contributed by atoms with van der Waals surface area (Å²) < 4.78 is 0. The largest absolute Gasteiger partial charge is 0.506 e. The molecule has 1 N–H and O–H groups in total. The van der Waals surface area contributed by atoms with E-state index < -0.39 is 0 Å². The fourth-order valence-corrected chi connectivity index (χ4v) is 1.48. The summed E-state index contributed by atoms with van der Waals surface area (Å²) in [4.78, 5) is 4.28. The monoisotopic (exact) mass is 193 g/mol. The number of phenols is 1. The number of benzene rings is 1. The third-order valence-corrected chi connectivity index (χ3v) is 2.32. The van der Waals surface area contributed by atoms with Gasteiger partial charge in [-0.15, -0.1) is 0 Å². The second-order valence-corrected chi connectivity index (χ2v) is 3.30. The molecule has 1 aromatic heterocycles. The summed E-state index contributed by atoms with van der Waals surface area (Å²) >= 11 is 5.89. The molecule has 0 atom stereocenters. The first-order chi connectivity index (χ1) is 6.18. The molecule has 0 unspecified atom stereocenters. The summed E-state index contributed by atoms with van der Waals surface area (Å²) in [6.45, 7) is 1.92. The Morgan fingerprint density at radius 2 is 2.00 bits per heavy atom. The maximum absolute atomic E-state index is 9.33. The smallest absolute Gasteiger partial charge is 0.134 e. The van der Waals surface area contributed by atoms with Crippen molar-refractivity contribution in [2.24, 2.45) is 0 Å². The first-order valence-electron chi connectivity index (χ1n) is 3.93. The highest BCUT2D eigenvalue weighted by atomic mass is 35.5. The van der Waals surface area contributed by atoms with Gasteiger partial charge in [0.25, 0.3) is 0 Å². The molecule has 1 aromatic carbocycles. The predicted molar refractivity (Wildman–Crippen MR) is 53.2 cm³/mol. The molecule has 0 spiro atoms. The summed E-state index contributed by atoms with van der Waals surface area (Å²) in [5.74, 6) is 0.0971. The van der Waals surface area contributed by atoms with Crippen molar-refractivity contribution in [2.45, 2.75) is 6.92 Å². The van der Waals surface area contributed by atoms with E-state index in [0.717, 1.165) is 16.6 Å². The van der Waals surface area contributed by atoms with Crippen LogP contribution < -0.4 is 0 Å². The number of aromatic hydroxyl groups is 1. The van der Waals surface area contributed by atoms with Gasteiger partial charge in [0, 0.05) is 11.1 Å². The summed E-state index contributed by atoms with van der Waals surface area (Å²) in [6.07, 6.45) is 0. The Bertz CT molecular complexity index is 468. The number of nitrogens with zero attached hydrogens (tertiary/aromatic N) is 1. The Kier molecular flexibility index (Phi) is 1.85. The zero-order valence-corrected chi connectivity index (χ0v) is 7.84. The van der Waals surface area contributed by atoms with E-state index in [9.17, 15) is 5.11 Å². The minimum absolute atomic E-state index is 0.0971. The average Bonchev–Trinajstić information content (AvgIpc) is 2.12. The number of pyridine rings is 1. The second kappa shape index (κ2) is 2.89. The van der Waals surface area contributed by atoms with Crippen molar-refractivity contribution in [3.63, 3.8) is 0 Å². The molecule has 0 aliphatic carbocycles. The molecule has 0 aliphatic heterocycles.